The van der Waals surface area contributed by atoms with Gasteiger partial charge >= 0.3 is 0 Å². The van der Waals surface area contributed by atoms with Crippen molar-refractivity contribution in [1.29, 1.82) is 0 Å². The van der Waals surface area contributed by atoms with Crippen molar-refractivity contribution in [3.63, 3.8) is 0 Å². The molecule has 0 fully saturated rings. The second-order valence-electron chi connectivity index (χ2n) is 30.9. The molecule has 0 unspecified atom stereocenters. The van der Waals surface area contributed by atoms with Crippen LogP contribution in [0, 0.1) is 0 Å². The van der Waals surface area contributed by atoms with Crippen LogP contribution in [0.2, 0.25) is 0 Å². The quantitative estimate of drug-likeness (QED) is 0.123. The highest BCUT2D eigenvalue weighted by Crippen LogP contribution is 2.39. The van der Waals surface area contributed by atoms with Gasteiger partial charge in [0.25, 0.3) is 0 Å². The number of pyridine rings is 9. The summed E-state index contributed by atoms with van der Waals surface area (Å²) in [5.74, 6) is 0. The zero-order chi connectivity index (χ0) is 80.8. The van der Waals surface area contributed by atoms with Crippen LogP contribution in [0.15, 0.2) is 431 Å². The fraction of sp³-hybridized carbons (Fsp3) is 0. The molecule has 568 valence electrons. The van der Waals surface area contributed by atoms with Gasteiger partial charge in [0, 0.05) is 103 Å². The van der Waals surface area contributed by atoms with Gasteiger partial charge in [0.15, 0.2) is 0 Å². The summed E-state index contributed by atoms with van der Waals surface area (Å²) in [5, 5.41) is 19.2. The van der Waals surface area contributed by atoms with Gasteiger partial charge in [0.1, 0.15) is 0 Å². The van der Waals surface area contributed by atoms with Crippen molar-refractivity contribution in [3.05, 3.63) is 431 Å². The van der Waals surface area contributed by atoms with E-state index in [-0.39, 0.29) is 0 Å². The minimum absolute atomic E-state index is 0.919. The van der Waals surface area contributed by atoms with Crippen LogP contribution < -0.4 is 0 Å². The number of fused-ring (bicyclic) bond motifs is 13. The lowest BCUT2D eigenvalue weighted by Gasteiger charge is -2.11. The van der Waals surface area contributed by atoms with Crippen LogP contribution in [0.3, 0.4) is 0 Å². The smallest absolute Gasteiger partial charge is 0.0725 e. The Morgan fingerprint density at radius 2 is 0.426 bits per heavy atom. The van der Waals surface area contributed by atoms with E-state index in [2.05, 4.69) is 367 Å². The van der Waals surface area contributed by atoms with E-state index in [1.54, 1.807) is 18.6 Å². The largest absolute Gasteiger partial charge is 0.264 e. The number of hydrogen-bond acceptors (Lipinski definition) is 9. The Morgan fingerprint density at radius 3 is 0.861 bits per heavy atom. The van der Waals surface area contributed by atoms with Crippen molar-refractivity contribution < 1.29 is 0 Å². The normalized spacial score (nSPS) is 11.4. The van der Waals surface area contributed by atoms with Crippen LogP contribution in [-0.4, -0.2) is 44.9 Å². The van der Waals surface area contributed by atoms with Crippen LogP contribution in [0.4, 0.5) is 0 Å². The second-order valence-corrected chi connectivity index (χ2v) is 30.9. The third-order valence-electron chi connectivity index (χ3n) is 23.4. The van der Waals surface area contributed by atoms with Crippen molar-refractivity contribution in [2.75, 3.05) is 0 Å². The fourth-order valence-corrected chi connectivity index (χ4v) is 16.9. The van der Waals surface area contributed by atoms with E-state index in [1.807, 2.05) is 61.1 Å². The van der Waals surface area contributed by atoms with E-state index >= 15 is 0 Å². The molecule has 0 spiro atoms. The van der Waals surface area contributed by atoms with Gasteiger partial charge in [0.05, 0.1) is 67.3 Å². The summed E-state index contributed by atoms with van der Waals surface area (Å²) in [6.07, 6.45) is 10.9. The van der Waals surface area contributed by atoms with Crippen molar-refractivity contribution in [2.45, 2.75) is 0 Å². The van der Waals surface area contributed by atoms with E-state index in [0.29, 0.717) is 0 Å². The molecule has 0 saturated heterocycles. The lowest BCUT2D eigenvalue weighted by molar-refractivity contribution is 1.30. The number of rotatable bonds is 10. The fourth-order valence-electron chi connectivity index (χ4n) is 16.9. The molecule has 0 aliphatic heterocycles. The van der Waals surface area contributed by atoms with Gasteiger partial charge in [-0.25, -0.2) is 29.9 Å². The lowest BCUT2D eigenvalue weighted by atomic mass is 9.95. The zero-order valence-corrected chi connectivity index (χ0v) is 66.0. The standard InChI is InChI=1S/C43H27N3.C37H23N3.C33H21N3/c1-2-6-38-29(4-1)9-10-30-11-16-34(24-39(30)38)28-7-12-31(13-8-28)40-21-19-32-14-17-35(25-42(32)45-40)36-18-15-33-20-22-41(46-43(33)26-36)37-5-3-23-44-27-37;1-2-8-31-24(5-1)10-13-27-6-3-9-32(37(27)31)34-19-17-26-12-15-29(22-36(26)40-34)28-14-11-25-16-18-33(39-35(25)21-28)30-7-4-20-38-23-30;1-2-5-25-18-28(12-7-22(25)4-1)30-15-13-23-8-10-26(19-32(23)35-30)27-11-9-24-14-16-31(36-33(24)20-27)29-6-3-17-34-21-29/h1-27H;1-23H;1-21H. The molecule has 9 aromatic heterocycles. The van der Waals surface area contributed by atoms with Gasteiger partial charge in [-0.05, 0) is 220 Å². The van der Waals surface area contributed by atoms with Crippen LogP contribution in [0.25, 0.3) is 231 Å². The molecular weight excluding hydrogens is 1480 g/mol. The van der Waals surface area contributed by atoms with Crippen molar-refractivity contribution in [1.82, 2.24) is 44.9 Å². The summed E-state index contributed by atoms with van der Waals surface area (Å²) >= 11 is 0. The molecule has 0 N–H and O–H groups in total. The maximum atomic E-state index is 5.18. The average Bonchev–Trinajstić information content (AvgIpc) is 0.768. The van der Waals surface area contributed by atoms with E-state index in [9.17, 15) is 0 Å². The Balaban J connectivity index is 0.000000110. The Hall–Kier alpha value is -16.5. The summed E-state index contributed by atoms with van der Waals surface area (Å²) in [5.41, 5.74) is 27.0. The highest BCUT2D eigenvalue weighted by molar-refractivity contribution is 6.14. The Kier molecular flexibility index (Phi) is 18.4. The molecule has 24 rings (SSSR count). The molecule has 15 aromatic carbocycles. The first-order valence-corrected chi connectivity index (χ1v) is 41.0. The van der Waals surface area contributed by atoms with Gasteiger partial charge in [-0.1, -0.05) is 273 Å². The van der Waals surface area contributed by atoms with E-state index in [0.717, 1.165) is 166 Å². The summed E-state index contributed by atoms with van der Waals surface area (Å²) < 4.78 is 0. The molecule has 9 heteroatoms. The predicted octanol–water partition coefficient (Wildman–Crippen LogP) is 29.0. The monoisotopic (exact) mass is 1550 g/mol. The van der Waals surface area contributed by atoms with E-state index in [4.69, 9.17) is 29.9 Å². The topological polar surface area (TPSA) is 116 Å². The summed E-state index contributed by atoms with van der Waals surface area (Å²) in [6, 6.07) is 139. The molecule has 122 heavy (non-hydrogen) atoms. The SMILES string of the molecule is c1cncc(-c2ccc3ccc(-c4ccc5ccc(-c6ccc(-c7ccc8ccc9ccccc9c8c7)cc6)nc5c4)cc3n2)c1.c1cncc(-c2ccc3ccc(-c4ccc5ccc(-c6ccc7ccccc7c6)nc5c4)cc3n2)c1.c1cncc(-c2ccc3ccc(-c4ccc5ccc(-c6cccc7ccc8ccccc8c67)nc5c4)cc3n2)c1. The second kappa shape index (κ2) is 31.2. The van der Waals surface area contributed by atoms with Gasteiger partial charge in [-0.2, -0.15) is 0 Å². The molecular formula is C113H71N9. The molecule has 0 atom stereocenters. The van der Waals surface area contributed by atoms with Crippen molar-refractivity contribution in [2.24, 2.45) is 0 Å². The van der Waals surface area contributed by atoms with E-state index < -0.39 is 0 Å². The molecule has 9 heterocycles. The molecule has 24 aromatic rings. The molecule has 0 aliphatic carbocycles. The van der Waals surface area contributed by atoms with Gasteiger partial charge < -0.3 is 0 Å². The lowest BCUT2D eigenvalue weighted by Crippen LogP contribution is -1.90. The molecule has 0 radical (unpaired) electrons. The Morgan fingerprint density at radius 1 is 0.139 bits per heavy atom. The summed E-state index contributed by atoms with van der Waals surface area (Å²) in [4.78, 5) is 42.9. The van der Waals surface area contributed by atoms with Crippen LogP contribution in [-0.2, 0) is 0 Å². The van der Waals surface area contributed by atoms with Crippen molar-refractivity contribution >= 4 is 119 Å². The molecule has 9 nitrogen and oxygen atoms in total. The van der Waals surface area contributed by atoms with E-state index in [1.165, 1.54) is 65.0 Å². The zero-order valence-electron chi connectivity index (χ0n) is 66.0. The van der Waals surface area contributed by atoms with Gasteiger partial charge in [-0.3, -0.25) is 15.0 Å². The van der Waals surface area contributed by atoms with Crippen LogP contribution >= 0.6 is 0 Å². The Labute approximate surface area is 703 Å². The van der Waals surface area contributed by atoms with Crippen molar-refractivity contribution in [3.8, 4) is 112 Å². The third kappa shape index (κ3) is 14.2. The third-order valence-corrected chi connectivity index (χ3v) is 23.4. The number of benzene rings is 15. The molecule has 0 aliphatic rings. The maximum Gasteiger partial charge on any atom is 0.0725 e. The summed E-state index contributed by atoms with van der Waals surface area (Å²) in [6.45, 7) is 0. The van der Waals surface area contributed by atoms with Crippen LogP contribution in [0.5, 0.6) is 0 Å². The first-order valence-electron chi connectivity index (χ1n) is 41.0. The minimum atomic E-state index is 0.919. The first-order chi connectivity index (χ1) is 60.3. The number of hydrogen-bond donors (Lipinski definition) is 0. The molecule has 0 saturated carbocycles. The highest BCUT2D eigenvalue weighted by Gasteiger charge is 2.16. The highest BCUT2D eigenvalue weighted by atomic mass is 14.7. The minimum Gasteiger partial charge on any atom is -0.264 e. The molecule has 0 bridgehead atoms. The predicted molar refractivity (Wildman–Crippen MR) is 506 cm³/mol. The number of nitrogens with zero attached hydrogens (tertiary/aromatic N) is 9. The number of aromatic nitrogens is 9. The average molecular weight is 1550 g/mol. The maximum absolute atomic E-state index is 5.18. The van der Waals surface area contributed by atoms with Gasteiger partial charge in [0.2, 0.25) is 0 Å². The summed E-state index contributed by atoms with van der Waals surface area (Å²) in [7, 11) is 0. The van der Waals surface area contributed by atoms with Crippen LogP contribution in [0.1, 0.15) is 0 Å². The molecule has 0 amide bonds. The van der Waals surface area contributed by atoms with Gasteiger partial charge in [-0.15, -0.1) is 0 Å². The Bertz CT molecular complexity index is 8210. The first kappa shape index (κ1) is 72.0.